The van der Waals surface area contributed by atoms with Gasteiger partial charge in [-0.25, -0.2) is 17.4 Å². The van der Waals surface area contributed by atoms with Crippen LogP contribution in [0.25, 0.3) is 33.1 Å². The van der Waals surface area contributed by atoms with Crippen molar-refractivity contribution < 1.29 is 13.2 Å². The maximum absolute atomic E-state index is 13.5. The van der Waals surface area contributed by atoms with E-state index in [2.05, 4.69) is 9.97 Å². The number of aromatic nitrogens is 3. The Morgan fingerprint density at radius 3 is 2.55 bits per heavy atom. The molecule has 8 heteroatoms. The van der Waals surface area contributed by atoms with Crippen LogP contribution < -0.4 is 4.74 Å². The highest BCUT2D eigenvalue weighted by Crippen LogP contribution is 2.37. The zero-order chi connectivity index (χ0) is 21.6. The lowest BCUT2D eigenvalue weighted by molar-refractivity contribution is 0.413. The summed E-state index contributed by atoms with van der Waals surface area (Å²) in [5, 5.41) is 1.70. The number of hydrogen-bond donors (Lipinski definition) is 0. The maximum atomic E-state index is 13.5. The normalized spacial score (nSPS) is 11.8. The molecule has 3 aromatic heterocycles. The topological polar surface area (TPSA) is 74.1 Å². The molecule has 0 bridgehead atoms. The molecule has 0 saturated carbocycles. The molecule has 5 aromatic rings. The van der Waals surface area contributed by atoms with Crippen molar-refractivity contribution in [3.8, 4) is 16.9 Å². The summed E-state index contributed by atoms with van der Waals surface area (Å²) in [5.74, 6) is 0.631. The molecule has 5 rings (SSSR count). The van der Waals surface area contributed by atoms with Crippen LogP contribution >= 0.6 is 11.6 Å². The van der Waals surface area contributed by atoms with Crippen LogP contribution in [0.15, 0.2) is 84.1 Å². The van der Waals surface area contributed by atoms with Gasteiger partial charge in [-0.3, -0.25) is 4.98 Å². The molecule has 0 N–H and O–H groups in total. The lowest BCUT2D eigenvalue weighted by Gasteiger charge is -2.09. The van der Waals surface area contributed by atoms with Gasteiger partial charge in [-0.15, -0.1) is 0 Å². The summed E-state index contributed by atoms with van der Waals surface area (Å²) >= 11 is 6.51. The van der Waals surface area contributed by atoms with Crippen LogP contribution in [0.3, 0.4) is 0 Å². The molecule has 0 aliphatic carbocycles. The third-order valence-corrected chi connectivity index (χ3v) is 7.15. The van der Waals surface area contributed by atoms with Crippen LogP contribution in [-0.2, 0) is 10.0 Å². The fourth-order valence-corrected chi connectivity index (χ4v) is 5.41. The predicted molar refractivity (Wildman–Crippen MR) is 121 cm³/mol. The first kappa shape index (κ1) is 19.5. The summed E-state index contributed by atoms with van der Waals surface area (Å²) in [6.45, 7) is 0. The minimum Gasteiger partial charge on any atom is -0.495 e. The van der Waals surface area contributed by atoms with Gasteiger partial charge in [0.25, 0.3) is 10.0 Å². The summed E-state index contributed by atoms with van der Waals surface area (Å²) < 4.78 is 33.6. The molecule has 154 valence electrons. The van der Waals surface area contributed by atoms with Crippen molar-refractivity contribution in [1.29, 1.82) is 0 Å². The fourth-order valence-electron chi connectivity index (χ4n) is 3.67. The third kappa shape index (κ3) is 3.13. The fraction of sp³-hybridized carbons (Fsp3) is 0.0435. The largest absolute Gasteiger partial charge is 0.495 e. The van der Waals surface area contributed by atoms with Gasteiger partial charge >= 0.3 is 0 Å². The minimum absolute atomic E-state index is 0.177. The molecule has 0 saturated heterocycles. The third-order valence-electron chi connectivity index (χ3n) is 5.12. The summed E-state index contributed by atoms with van der Waals surface area (Å²) in [5.41, 5.74) is 2.48. The van der Waals surface area contributed by atoms with Crippen LogP contribution in [0.5, 0.6) is 5.75 Å². The van der Waals surface area contributed by atoms with E-state index in [-0.39, 0.29) is 10.5 Å². The number of halogens is 1. The molecule has 31 heavy (non-hydrogen) atoms. The second kappa shape index (κ2) is 7.37. The van der Waals surface area contributed by atoms with Gasteiger partial charge in [0.05, 0.1) is 28.7 Å². The Labute approximate surface area is 183 Å². The molecule has 3 heterocycles. The number of rotatable bonds is 4. The first-order chi connectivity index (χ1) is 15.0. The monoisotopic (exact) mass is 449 g/mol. The SMILES string of the molecule is COc1cncc(-c2ccc3c(c2)c2c(Cl)ccnc2n3S(=O)(=O)c2ccccc2)c1. The number of nitrogens with zero attached hydrogens (tertiary/aromatic N) is 3. The smallest absolute Gasteiger partial charge is 0.269 e. The highest BCUT2D eigenvalue weighted by atomic mass is 35.5. The van der Waals surface area contributed by atoms with Crippen LogP contribution in [-0.4, -0.2) is 29.5 Å². The molecular weight excluding hydrogens is 434 g/mol. The Morgan fingerprint density at radius 1 is 0.968 bits per heavy atom. The Morgan fingerprint density at radius 2 is 1.77 bits per heavy atom. The first-order valence-electron chi connectivity index (χ1n) is 9.39. The minimum atomic E-state index is -3.89. The van der Waals surface area contributed by atoms with Gasteiger partial charge in [0.2, 0.25) is 0 Å². The van der Waals surface area contributed by atoms with E-state index in [4.69, 9.17) is 16.3 Å². The van der Waals surface area contributed by atoms with E-state index in [0.29, 0.717) is 27.1 Å². The second-order valence-electron chi connectivity index (χ2n) is 6.92. The van der Waals surface area contributed by atoms with Gasteiger partial charge in [0.1, 0.15) is 5.75 Å². The lowest BCUT2D eigenvalue weighted by Crippen LogP contribution is -2.13. The molecule has 0 aliphatic heterocycles. The van der Waals surface area contributed by atoms with Crippen molar-refractivity contribution in [2.24, 2.45) is 0 Å². The van der Waals surface area contributed by atoms with Crippen LogP contribution in [0.1, 0.15) is 0 Å². The molecule has 0 atom stereocenters. The zero-order valence-corrected chi connectivity index (χ0v) is 17.9. The highest BCUT2D eigenvalue weighted by molar-refractivity contribution is 7.90. The van der Waals surface area contributed by atoms with Gasteiger partial charge in [-0.1, -0.05) is 35.9 Å². The van der Waals surface area contributed by atoms with Gasteiger partial charge in [0, 0.05) is 28.7 Å². The average Bonchev–Trinajstić information content (AvgIpc) is 3.15. The molecule has 0 radical (unpaired) electrons. The molecule has 0 spiro atoms. The van der Waals surface area contributed by atoms with E-state index in [1.54, 1.807) is 62.0 Å². The number of methoxy groups -OCH3 is 1. The Kier molecular flexibility index (Phi) is 4.64. The van der Waals surface area contributed by atoms with Crippen molar-refractivity contribution in [3.05, 3.63) is 84.3 Å². The number of benzene rings is 2. The standard InChI is InChI=1S/C23H16ClN3O3S/c1-30-17-11-16(13-25-14-17)15-7-8-21-19(12-15)22-20(24)9-10-26-23(22)27(21)31(28,29)18-5-3-2-4-6-18/h2-14H,1H3. The van der Waals surface area contributed by atoms with E-state index in [1.807, 2.05) is 18.2 Å². The molecule has 0 aliphatic rings. The Balaban J connectivity index is 1.84. The van der Waals surface area contributed by atoms with E-state index in [9.17, 15) is 8.42 Å². The molecule has 2 aromatic carbocycles. The lowest BCUT2D eigenvalue weighted by atomic mass is 10.0. The number of ether oxygens (including phenoxy) is 1. The van der Waals surface area contributed by atoms with Crippen LogP contribution in [0, 0.1) is 0 Å². The number of hydrogen-bond acceptors (Lipinski definition) is 5. The summed E-state index contributed by atoms with van der Waals surface area (Å²) in [6.07, 6.45) is 4.86. The van der Waals surface area contributed by atoms with Crippen molar-refractivity contribution in [2.75, 3.05) is 7.11 Å². The molecule has 0 amide bonds. The van der Waals surface area contributed by atoms with E-state index in [0.717, 1.165) is 11.1 Å². The second-order valence-corrected chi connectivity index (χ2v) is 9.11. The molecule has 0 fully saturated rings. The summed E-state index contributed by atoms with van der Waals surface area (Å²) in [4.78, 5) is 8.76. The number of fused-ring (bicyclic) bond motifs is 3. The zero-order valence-electron chi connectivity index (χ0n) is 16.4. The molecular formula is C23H16ClN3O3S. The van der Waals surface area contributed by atoms with Crippen molar-refractivity contribution in [3.63, 3.8) is 0 Å². The number of pyridine rings is 2. The van der Waals surface area contributed by atoms with Crippen LogP contribution in [0.2, 0.25) is 5.02 Å². The van der Waals surface area contributed by atoms with Crippen molar-refractivity contribution >= 4 is 43.6 Å². The van der Waals surface area contributed by atoms with Crippen molar-refractivity contribution in [2.45, 2.75) is 4.90 Å². The Hall–Kier alpha value is -3.42. The summed E-state index contributed by atoms with van der Waals surface area (Å²) in [7, 11) is -2.31. The summed E-state index contributed by atoms with van der Waals surface area (Å²) in [6, 6.07) is 17.3. The van der Waals surface area contributed by atoms with Crippen molar-refractivity contribution in [1.82, 2.24) is 13.9 Å². The maximum Gasteiger partial charge on any atom is 0.269 e. The average molecular weight is 450 g/mol. The van der Waals surface area contributed by atoms with Gasteiger partial charge in [-0.05, 0) is 42.0 Å². The highest BCUT2D eigenvalue weighted by Gasteiger charge is 2.25. The predicted octanol–water partition coefficient (Wildman–Crippen LogP) is 5.15. The first-order valence-corrected chi connectivity index (χ1v) is 11.2. The Bertz CT molecular complexity index is 1550. The van der Waals surface area contributed by atoms with Gasteiger partial charge in [-0.2, -0.15) is 0 Å². The molecule has 0 unspecified atom stereocenters. The van der Waals surface area contributed by atoms with E-state index in [1.165, 1.54) is 10.2 Å². The molecule has 6 nitrogen and oxygen atoms in total. The van der Waals surface area contributed by atoms with E-state index >= 15 is 0 Å². The van der Waals surface area contributed by atoms with Gasteiger partial charge in [0.15, 0.2) is 5.65 Å². The van der Waals surface area contributed by atoms with Crippen LogP contribution in [0.4, 0.5) is 0 Å². The van der Waals surface area contributed by atoms with E-state index < -0.39 is 10.0 Å². The van der Waals surface area contributed by atoms with Gasteiger partial charge < -0.3 is 4.74 Å². The quantitative estimate of drug-likeness (QED) is 0.379.